The van der Waals surface area contributed by atoms with E-state index >= 15 is 0 Å². The number of fused-ring (bicyclic) bond motifs is 1. The molecule has 1 heterocycles. The Labute approximate surface area is 68.7 Å². The Bertz CT molecular complexity index is 346. The van der Waals surface area contributed by atoms with E-state index in [1.165, 1.54) is 12.1 Å². The molecule has 4 nitrogen and oxygen atoms in total. The number of nitrogens with zero attached hydrogens (tertiary/aromatic N) is 1. The average Bonchev–Trinajstić information content (AvgIpc) is 2.46. The molecule has 0 aliphatic carbocycles. The van der Waals surface area contributed by atoms with Crippen molar-refractivity contribution < 1.29 is 15.1 Å². The third-order valence-corrected chi connectivity index (χ3v) is 1.76. The van der Waals surface area contributed by atoms with Gasteiger partial charge >= 0.3 is 0 Å². The van der Waals surface area contributed by atoms with Crippen LogP contribution in [-0.2, 0) is 0 Å². The fourth-order valence-corrected chi connectivity index (χ4v) is 1.18. The molecule has 0 fully saturated rings. The van der Waals surface area contributed by atoms with Crippen LogP contribution in [0.1, 0.15) is 5.56 Å². The number of rotatable bonds is 0. The lowest BCUT2D eigenvalue weighted by Crippen LogP contribution is -2.01. The first-order chi connectivity index (χ1) is 5.81. The van der Waals surface area contributed by atoms with Crippen molar-refractivity contribution in [2.75, 3.05) is 6.61 Å². The molecule has 0 amide bonds. The second-order valence-electron chi connectivity index (χ2n) is 2.52. The van der Waals surface area contributed by atoms with Crippen LogP contribution >= 0.6 is 0 Å². The molecule has 0 saturated carbocycles. The predicted octanol–water partition coefficient (Wildman–Crippen LogP) is 0.963. The van der Waals surface area contributed by atoms with E-state index < -0.39 is 0 Å². The maximum absolute atomic E-state index is 9.07. The van der Waals surface area contributed by atoms with E-state index in [9.17, 15) is 0 Å². The molecule has 62 valence electrons. The molecule has 1 aliphatic rings. The molecule has 0 unspecified atom stereocenters. The van der Waals surface area contributed by atoms with Crippen LogP contribution in [0.4, 0.5) is 0 Å². The monoisotopic (exact) mass is 165 g/mol. The minimum atomic E-state index is 0.146. The van der Waals surface area contributed by atoms with Crippen LogP contribution in [0.5, 0.6) is 11.5 Å². The van der Waals surface area contributed by atoms with Gasteiger partial charge in [0.15, 0.2) is 0 Å². The van der Waals surface area contributed by atoms with Crippen LogP contribution in [0.15, 0.2) is 23.4 Å². The van der Waals surface area contributed by atoms with Gasteiger partial charge in [0.05, 0.1) is 0 Å². The Hall–Kier alpha value is -1.71. The van der Waals surface area contributed by atoms with E-state index in [-0.39, 0.29) is 12.4 Å². The van der Waals surface area contributed by atoms with Gasteiger partial charge in [-0.3, -0.25) is 0 Å². The maximum Gasteiger partial charge on any atom is 0.134 e. The summed E-state index contributed by atoms with van der Waals surface area (Å²) < 4.78 is 5.13. The number of phenols is 1. The van der Waals surface area contributed by atoms with Gasteiger partial charge in [0.25, 0.3) is 0 Å². The van der Waals surface area contributed by atoms with E-state index in [0.29, 0.717) is 11.5 Å². The van der Waals surface area contributed by atoms with Crippen molar-refractivity contribution in [3.8, 4) is 11.5 Å². The topological polar surface area (TPSA) is 62.1 Å². The summed E-state index contributed by atoms with van der Waals surface area (Å²) in [6, 6.07) is 4.68. The maximum atomic E-state index is 9.07. The molecule has 0 radical (unpaired) electrons. The van der Waals surface area contributed by atoms with Crippen molar-refractivity contribution in [1.82, 2.24) is 0 Å². The Morgan fingerprint density at radius 1 is 1.42 bits per heavy atom. The lowest BCUT2D eigenvalue weighted by molar-refractivity contribution is 0.313. The van der Waals surface area contributed by atoms with Crippen molar-refractivity contribution in [2.24, 2.45) is 5.16 Å². The summed E-state index contributed by atoms with van der Waals surface area (Å²) in [6.45, 7) is 0.259. The first-order valence-corrected chi connectivity index (χ1v) is 3.48. The number of oxime groups is 1. The second kappa shape index (κ2) is 2.41. The van der Waals surface area contributed by atoms with Crippen LogP contribution in [0, 0.1) is 0 Å². The molecule has 1 aliphatic heterocycles. The standard InChI is InChI=1S/C8H7NO3/c10-5-1-2-6-7(9-11)4-12-8(6)3-5/h1-3,10-11H,4H2/b9-7-. The number of aromatic hydroxyl groups is 1. The SMILES string of the molecule is O/N=C1/COc2cc(O)ccc21. The van der Waals surface area contributed by atoms with Crippen LogP contribution in [0.25, 0.3) is 0 Å². The lowest BCUT2D eigenvalue weighted by Gasteiger charge is -1.96. The molecule has 2 N–H and O–H groups in total. The van der Waals surface area contributed by atoms with Gasteiger partial charge in [0, 0.05) is 11.6 Å². The minimum absolute atomic E-state index is 0.146. The van der Waals surface area contributed by atoms with Crippen molar-refractivity contribution in [2.45, 2.75) is 0 Å². The van der Waals surface area contributed by atoms with E-state index in [2.05, 4.69) is 5.16 Å². The van der Waals surface area contributed by atoms with Crippen LogP contribution < -0.4 is 4.74 Å². The zero-order valence-electron chi connectivity index (χ0n) is 6.19. The highest BCUT2D eigenvalue weighted by molar-refractivity contribution is 6.05. The number of hydrogen-bond acceptors (Lipinski definition) is 4. The second-order valence-corrected chi connectivity index (χ2v) is 2.52. The highest BCUT2D eigenvalue weighted by Crippen LogP contribution is 2.28. The summed E-state index contributed by atoms with van der Waals surface area (Å²) in [4.78, 5) is 0. The van der Waals surface area contributed by atoms with Gasteiger partial charge in [-0.25, -0.2) is 0 Å². The van der Waals surface area contributed by atoms with Gasteiger partial charge in [-0.1, -0.05) is 5.16 Å². The molecule has 0 saturated heterocycles. The van der Waals surface area contributed by atoms with Crippen LogP contribution in [0.3, 0.4) is 0 Å². The number of phenolic OH excluding ortho intramolecular Hbond substituents is 1. The molecule has 12 heavy (non-hydrogen) atoms. The Morgan fingerprint density at radius 2 is 2.25 bits per heavy atom. The van der Waals surface area contributed by atoms with Gasteiger partial charge < -0.3 is 15.1 Å². The van der Waals surface area contributed by atoms with Crippen molar-refractivity contribution >= 4 is 5.71 Å². The molecular formula is C8H7NO3. The lowest BCUT2D eigenvalue weighted by atomic mass is 10.1. The Balaban J connectivity index is 2.55. The predicted molar refractivity (Wildman–Crippen MR) is 41.9 cm³/mol. The fourth-order valence-electron chi connectivity index (χ4n) is 1.18. The van der Waals surface area contributed by atoms with E-state index in [1.54, 1.807) is 6.07 Å². The van der Waals surface area contributed by atoms with E-state index in [4.69, 9.17) is 15.1 Å². The van der Waals surface area contributed by atoms with Gasteiger partial charge in [0.2, 0.25) is 0 Å². The molecule has 1 aromatic rings. The van der Waals surface area contributed by atoms with Crippen LogP contribution in [-0.4, -0.2) is 22.6 Å². The molecular weight excluding hydrogens is 158 g/mol. The largest absolute Gasteiger partial charge is 0.508 e. The molecule has 0 aromatic heterocycles. The normalized spacial score (nSPS) is 17.5. The number of benzene rings is 1. The molecule has 4 heteroatoms. The molecule has 0 spiro atoms. The van der Waals surface area contributed by atoms with Crippen LogP contribution in [0.2, 0.25) is 0 Å². The van der Waals surface area contributed by atoms with Gasteiger partial charge in [-0.15, -0.1) is 0 Å². The minimum Gasteiger partial charge on any atom is -0.508 e. The Kier molecular flexibility index (Phi) is 1.40. The fraction of sp³-hybridized carbons (Fsp3) is 0.125. The molecule has 2 rings (SSSR count). The molecule has 1 aromatic carbocycles. The van der Waals surface area contributed by atoms with Gasteiger partial charge in [-0.05, 0) is 12.1 Å². The number of hydrogen-bond donors (Lipinski definition) is 2. The summed E-state index contributed by atoms with van der Waals surface area (Å²) in [6.07, 6.45) is 0. The highest BCUT2D eigenvalue weighted by atomic mass is 16.5. The van der Waals surface area contributed by atoms with Crippen molar-refractivity contribution in [3.63, 3.8) is 0 Å². The van der Waals surface area contributed by atoms with Gasteiger partial charge in [-0.2, -0.15) is 0 Å². The molecule has 0 atom stereocenters. The van der Waals surface area contributed by atoms with E-state index in [0.717, 1.165) is 5.56 Å². The summed E-state index contributed by atoms with van der Waals surface area (Å²) in [5.41, 5.74) is 1.22. The third-order valence-electron chi connectivity index (χ3n) is 1.76. The average molecular weight is 165 g/mol. The third kappa shape index (κ3) is 0.887. The first kappa shape index (κ1) is 6.97. The summed E-state index contributed by atoms with van der Waals surface area (Å²) in [5.74, 6) is 0.704. The van der Waals surface area contributed by atoms with Crippen molar-refractivity contribution in [3.05, 3.63) is 23.8 Å². The zero-order valence-corrected chi connectivity index (χ0v) is 6.19. The number of ether oxygens (including phenoxy) is 1. The van der Waals surface area contributed by atoms with E-state index in [1.807, 2.05) is 0 Å². The summed E-state index contributed by atoms with van der Waals surface area (Å²) in [7, 11) is 0. The highest BCUT2D eigenvalue weighted by Gasteiger charge is 2.19. The van der Waals surface area contributed by atoms with Crippen molar-refractivity contribution in [1.29, 1.82) is 0 Å². The van der Waals surface area contributed by atoms with Gasteiger partial charge in [0.1, 0.15) is 23.8 Å². The zero-order chi connectivity index (χ0) is 8.55. The quantitative estimate of drug-likeness (QED) is 0.444. The smallest absolute Gasteiger partial charge is 0.134 e. The summed E-state index contributed by atoms with van der Waals surface area (Å²) >= 11 is 0. The summed E-state index contributed by atoms with van der Waals surface area (Å²) in [5, 5.41) is 20.7. The Morgan fingerprint density at radius 3 is 3.00 bits per heavy atom. The molecule has 0 bridgehead atoms. The first-order valence-electron chi connectivity index (χ1n) is 3.48.